The molecule has 112 valence electrons. The minimum absolute atomic E-state index is 0.123. The third-order valence-corrected chi connectivity index (χ3v) is 5.12. The van der Waals surface area contributed by atoms with Crippen LogP contribution in [0.4, 0.5) is 13.2 Å². The highest BCUT2D eigenvalue weighted by Gasteiger charge is 2.41. The van der Waals surface area contributed by atoms with Gasteiger partial charge in [-0.25, -0.2) is 0 Å². The third-order valence-electron chi connectivity index (χ3n) is 3.87. The molecule has 1 saturated heterocycles. The summed E-state index contributed by atoms with van der Waals surface area (Å²) in [7, 11) is 0. The zero-order valence-corrected chi connectivity index (χ0v) is 13.3. The Balaban J connectivity index is 2.07. The van der Waals surface area contributed by atoms with Crippen LogP contribution in [0.2, 0.25) is 0 Å². The van der Waals surface area contributed by atoms with Gasteiger partial charge in [0.1, 0.15) is 0 Å². The number of likely N-dealkylation sites (tertiary alicyclic amines) is 1. The van der Waals surface area contributed by atoms with Crippen LogP contribution in [0.3, 0.4) is 0 Å². The number of hydrogen-bond donors (Lipinski definition) is 0. The second-order valence-electron chi connectivity index (χ2n) is 5.66. The second-order valence-corrected chi connectivity index (χ2v) is 6.45. The predicted molar refractivity (Wildman–Crippen MR) is 77.7 cm³/mol. The van der Waals surface area contributed by atoms with Gasteiger partial charge in [-0.2, -0.15) is 13.2 Å². The molecule has 2 rings (SSSR count). The van der Waals surface area contributed by atoms with Gasteiger partial charge >= 0.3 is 6.18 Å². The van der Waals surface area contributed by atoms with Crippen molar-refractivity contribution < 1.29 is 13.2 Å². The van der Waals surface area contributed by atoms with Crippen LogP contribution in [0, 0.1) is 19.8 Å². The summed E-state index contributed by atoms with van der Waals surface area (Å²) >= 11 is 3.51. The lowest BCUT2D eigenvalue weighted by molar-refractivity contribution is -0.187. The molecule has 1 aliphatic heterocycles. The molecule has 1 aliphatic rings. The van der Waals surface area contributed by atoms with Crippen LogP contribution >= 0.6 is 15.9 Å². The molecule has 0 saturated carbocycles. The Hall–Kier alpha value is -0.550. The topological polar surface area (TPSA) is 3.24 Å². The Bertz CT molecular complexity index is 461. The lowest BCUT2D eigenvalue weighted by Gasteiger charge is -2.33. The number of alkyl halides is 3. The zero-order valence-electron chi connectivity index (χ0n) is 11.7. The summed E-state index contributed by atoms with van der Waals surface area (Å²) in [6, 6.07) is 4.10. The number of benzene rings is 1. The molecule has 1 aromatic rings. The predicted octanol–water partition coefficient (Wildman–Crippen LogP) is 4.84. The lowest BCUT2D eigenvalue weighted by Crippen LogP contribution is -2.41. The SMILES string of the molecule is Cc1cc(CN2CCCC(C(F)(F)F)C2)cc(C)c1Br. The Morgan fingerprint density at radius 2 is 1.85 bits per heavy atom. The van der Waals surface area contributed by atoms with E-state index in [9.17, 15) is 13.2 Å². The highest BCUT2D eigenvalue weighted by Crippen LogP contribution is 2.33. The van der Waals surface area contributed by atoms with E-state index in [-0.39, 0.29) is 13.0 Å². The fourth-order valence-corrected chi connectivity index (χ4v) is 3.08. The van der Waals surface area contributed by atoms with Crippen molar-refractivity contribution in [3.05, 3.63) is 33.3 Å². The van der Waals surface area contributed by atoms with Crippen molar-refractivity contribution in [3.8, 4) is 0 Å². The van der Waals surface area contributed by atoms with Gasteiger partial charge in [-0.3, -0.25) is 4.90 Å². The largest absolute Gasteiger partial charge is 0.393 e. The molecule has 1 fully saturated rings. The minimum Gasteiger partial charge on any atom is -0.298 e. The number of hydrogen-bond acceptors (Lipinski definition) is 1. The summed E-state index contributed by atoms with van der Waals surface area (Å²) < 4.78 is 39.5. The third kappa shape index (κ3) is 3.76. The minimum atomic E-state index is -4.07. The van der Waals surface area contributed by atoms with Crippen molar-refractivity contribution in [2.75, 3.05) is 13.1 Å². The van der Waals surface area contributed by atoms with E-state index < -0.39 is 12.1 Å². The van der Waals surface area contributed by atoms with Crippen molar-refractivity contribution >= 4 is 15.9 Å². The summed E-state index contributed by atoms with van der Waals surface area (Å²) in [4.78, 5) is 1.92. The second kappa shape index (κ2) is 6.06. The number of halogens is 4. The maximum atomic E-state index is 12.8. The van der Waals surface area contributed by atoms with E-state index in [1.54, 1.807) is 0 Å². The molecule has 0 radical (unpaired) electrons. The number of aryl methyl sites for hydroxylation is 2. The molecule has 5 heteroatoms. The molecule has 1 atom stereocenters. The maximum absolute atomic E-state index is 12.8. The van der Waals surface area contributed by atoms with Gasteiger partial charge in [0.25, 0.3) is 0 Å². The van der Waals surface area contributed by atoms with Crippen LogP contribution < -0.4 is 0 Å². The summed E-state index contributed by atoms with van der Waals surface area (Å²) in [5, 5.41) is 0. The molecule has 0 aliphatic carbocycles. The fraction of sp³-hybridized carbons (Fsp3) is 0.600. The zero-order chi connectivity index (χ0) is 14.9. The van der Waals surface area contributed by atoms with Gasteiger partial charge in [0.15, 0.2) is 0 Å². The fourth-order valence-electron chi connectivity index (χ4n) is 2.85. The van der Waals surface area contributed by atoms with E-state index in [0.29, 0.717) is 13.0 Å². The molecule has 0 spiro atoms. The molecule has 1 aromatic carbocycles. The molecular formula is C15H19BrF3N. The Morgan fingerprint density at radius 3 is 2.40 bits per heavy atom. The Labute approximate surface area is 126 Å². The van der Waals surface area contributed by atoms with E-state index in [1.807, 2.05) is 30.9 Å². The van der Waals surface area contributed by atoms with Gasteiger partial charge in [-0.15, -0.1) is 0 Å². The van der Waals surface area contributed by atoms with Crippen LogP contribution in [0.5, 0.6) is 0 Å². The first kappa shape index (κ1) is 15.8. The summed E-state index contributed by atoms with van der Waals surface area (Å²) in [6.07, 6.45) is -3.18. The van der Waals surface area contributed by atoms with E-state index in [0.717, 1.165) is 27.7 Å². The maximum Gasteiger partial charge on any atom is 0.393 e. The van der Waals surface area contributed by atoms with E-state index in [4.69, 9.17) is 0 Å². The summed E-state index contributed by atoms with van der Waals surface area (Å²) in [6.45, 7) is 5.49. The van der Waals surface area contributed by atoms with Crippen molar-refractivity contribution in [2.24, 2.45) is 5.92 Å². The van der Waals surface area contributed by atoms with Gasteiger partial charge in [-0.1, -0.05) is 28.1 Å². The van der Waals surface area contributed by atoms with E-state index >= 15 is 0 Å². The quantitative estimate of drug-likeness (QED) is 0.738. The number of rotatable bonds is 2. The first-order valence-corrected chi connectivity index (χ1v) is 7.61. The molecule has 0 aromatic heterocycles. The van der Waals surface area contributed by atoms with Crippen molar-refractivity contribution in [2.45, 2.75) is 39.4 Å². The van der Waals surface area contributed by atoms with Gasteiger partial charge in [0.05, 0.1) is 5.92 Å². The Kier molecular flexibility index (Phi) is 4.80. The van der Waals surface area contributed by atoms with Gasteiger partial charge < -0.3 is 0 Å². The highest BCUT2D eigenvalue weighted by molar-refractivity contribution is 9.10. The van der Waals surface area contributed by atoms with Crippen LogP contribution in [0.15, 0.2) is 16.6 Å². The molecule has 1 nitrogen and oxygen atoms in total. The molecule has 0 N–H and O–H groups in total. The van der Waals surface area contributed by atoms with Crippen LogP contribution in [-0.4, -0.2) is 24.2 Å². The van der Waals surface area contributed by atoms with Crippen LogP contribution in [0.25, 0.3) is 0 Å². The standard InChI is InChI=1S/C15H19BrF3N/c1-10-6-12(7-11(2)14(10)16)8-20-5-3-4-13(9-20)15(17,18)19/h6-7,13H,3-5,8-9H2,1-2H3. The van der Waals surface area contributed by atoms with Gasteiger partial charge in [0, 0.05) is 17.6 Å². The smallest absolute Gasteiger partial charge is 0.298 e. The average Bonchev–Trinajstić information content (AvgIpc) is 2.35. The van der Waals surface area contributed by atoms with Crippen LogP contribution in [-0.2, 0) is 6.54 Å². The Morgan fingerprint density at radius 1 is 1.25 bits per heavy atom. The molecule has 0 bridgehead atoms. The van der Waals surface area contributed by atoms with Crippen LogP contribution in [0.1, 0.15) is 29.5 Å². The molecule has 1 unspecified atom stereocenters. The van der Waals surface area contributed by atoms with Gasteiger partial charge in [-0.05, 0) is 49.9 Å². The average molecular weight is 350 g/mol. The highest BCUT2D eigenvalue weighted by atomic mass is 79.9. The van der Waals surface area contributed by atoms with Crippen molar-refractivity contribution in [1.82, 2.24) is 4.90 Å². The molecular weight excluding hydrogens is 331 g/mol. The first-order chi connectivity index (χ1) is 9.27. The molecule has 1 heterocycles. The van der Waals surface area contributed by atoms with Crippen molar-refractivity contribution in [3.63, 3.8) is 0 Å². The normalized spacial score (nSPS) is 21.2. The van der Waals surface area contributed by atoms with E-state index in [2.05, 4.69) is 15.9 Å². The molecule has 0 amide bonds. The number of nitrogens with zero attached hydrogens (tertiary/aromatic N) is 1. The molecule has 20 heavy (non-hydrogen) atoms. The monoisotopic (exact) mass is 349 g/mol. The first-order valence-electron chi connectivity index (χ1n) is 6.82. The van der Waals surface area contributed by atoms with Gasteiger partial charge in [0.2, 0.25) is 0 Å². The lowest BCUT2D eigenvalue weighted by atomic mass is 9.97. The summed E-state index contributed by atoms with van der Waals surface area (Å²) in [5.41, 5.74) is 3.35. The summed E-state index contributed by atoms with van der Waals surface area (Å²) in [5.74, 6) is -1.17. The number of piperidine rings is 1. The van der Waals surface area contributed by atoms with Crippen molar-refractivity contribution in [1.29, 1.82) is 0 Å². The van der Waals surface area contributed by atoms with E-state index in [1.165, 1.54) is 0 Å².